The molecule has 0 saturated heterocycles. The summed E-state index contributed by atoms with van der Waals surface area (Å²) in [5.41, 5.74) is 0.720. The molecule has 0 bridgehead atoms. The van der Waals surface area contributed by atoms with Crippen LogP contribution >= 0.6 is 0 Å². The fourth-order valence-electron chi connectivity index (χ4n) is 6.34. The van der Waals surface area contributed by atoms with Crippen LogP contribution in [0, 0.1) is 5.92 Å². The molecule has 0 unspecified atom stereocenters. The third-order valence-corrected chi connectivity index (χ3v) is 11.3. The average molecular weight is 703 g/mol. The van der Waals surface area contributed by atoms with Crippen molar-refractivity contribution in [1.29, 1.82) is 0 Å². The first-order valence-electron chi connectivity index (χ1n) is 17.4. The number of anilines is 1. The normalized spacial score (nSPS) is 22.4. The van der Waals surface area contributed by atoms with E-state index in [1.54, 1.807) is 42.2 Å². The molecule has 0 spiro atoms. The first-order valence-corrected chi connectivity index (χ1v) is 18.9. The lowest BCUT2D eigenvalue weighted by atomic mass is 9.96. The van der Waals surface area contributed by atoms with E-state index in [1.807, 2.05) is 13.8 Å². The van der Waals surface area contributed by atoms with Crippen LogP contribution in [0.15, 0.2) is 47.4 Å². The van der Waals surface area contributed by atoms with Crippen LogP contribution in [0.3, 0.4) is 0 Å². The van der Waals surface area contributed by atoms with Gasteiger partial charge in [-0.3, -0.25) is 4.79 Å². The molecule has 49 heavy (non-hydrogen) atoms. The summed E-state index contributed by atoms with van der Waals surface area (Å²) in [5, 5.41) is 16.2. The molecule has 1 aliphatic heterocycles. The summed E-state index contributed by atoms with van der Waals surface area (Å²) in [6.45, 7) is 5.99. The van der Waals surface area contributed by atoms with Gasteiger partial charge in [-0.1, -0.05) is 26.2 Å². The Morgan fingerprint density at radius 3 is 2.43 bits per heavy atom. The Kier molecular flexibility index (Phi) is 14.1. The first kappa shape index (κ1) is 38.4. The minimum absolute atomic E-state index is 0.0609. The van der Waals surface area contributed by atoms with Gasteiger partial charge in [0.2, 0.25) is 10.0 Å². The number of sulfonamides is 1. The zero-order chi connectivity index (χ0) is 35.6. The van der Waals surface area contributed by atoms with Crippen LogP contribution in [-0.2, 0) is 14.8 Å². The van der Waals surface area contributed by atoms with Crippen molar-refractivity contribution in [2.45, 2.75) is 101 Å². The Morgan fingerprint density at radius 2 is 1.76 bits per heavy atom. The highest BCUT2D eigenvalue weighted by atomic mass is 32.2. The summed E-state index contributed by atoms with van der Waals surface area (Å²) in [6, 6.07) is 10.5. The van der Waals surface area contributed by atoms with Gasteiger partial charge in [0.05, 0.1) is 42.4 Å². The molecule has 1 aliphatic carbocycles. The lowest BCUT2D eigenvalue weighted by molar-refractivity contribution is -0.00834. The minimum atomic E-state index is -3.84. The van der Waals surface area contributed by atoms with E-state index in [0.717, 1.165) is 38.5 Å². The number of nitrogens with one attached hydrogen (secondary N) is 2. The standard InChI is InChI=1S/C36H54N4O8S/c1-25-22-40(26(2)24-41)35(42)32-21-29(38-36(43)37-28-12-7-6-8-13-28)14-19-33(32)48-27(3)11-9-10-20-47-34(25)23-39(4)49(44,45)31-17-15-30(46-5)16-18-31/h14-19,21,25-28,34,41H,6-13,20,22-24H2,1-5H3,(H2,37,38,43)/t25-,26+,27+,34-/m0/s1. The summed E-state index contributed by atoms with van der Waals surface area (Å²) >= 11 is 0. The predicted octanol–water partition coefficient (Wildman–Crippen LogP) is 5.27. The number of urea groups is 1. The SMILES string of the molecule is COc1ccc(S(=O)(=O)N(C)C[C@@H]2OCCCC[C@@H](C)Oc3ccc(NC(=O)NC4CCCCC4)cc3C(=O)N([C@H](C)CO)C[C@@H]2C)cc1. The number of aliphatic hydroxyl groups excluding tert-OH is 1. The van der Waals surface area contributed by atoms with Gasteiger partial charge >= 0.3 is 6.03 Å². The van der Waals surface area contributed by atoms with Gasteiger partial charge in [0.25, 0.3) is 5.91 Å². The molecular formula is C36H54N4O8S. The molecule has 13 heteroatoms. The number of carbonyl (C=O) groups is 2. The summed E-state index contributed by atoms with van der Waals surface area (Å²) < 4.78 is 46.1. The van der Waals surface area contributed by atoms with E-state index in [4.69, 9.17) is 14.2 Å². The maximum absolute atomic E-state index is 14.4. The van der Waals surface area contributed by atoms with Gasteiger partial charge in [-0.15, -0.1) is 0 Å². The number of hydrogen-bond donors (Lipinski definition) is 3. The van der Waals surface area contributed by atoms with Crippen LogP contribution in [0.5, 0.6) is 11.5 Å². The fraction of sp³-hybridized carbons (Fsp3) is 0.611. The van der Waals surface area contributed by atoms with Gasteiger partial charge in [0.1, 0.15) is 11.5 Å². The van der Waals surface area contributed by atoms with Gasteiger partial charge in [-0.25, -0.2) is 13.2 Å². The minimum Gasteiger partial charge on any atom is -0.497 e. The summed E-state index contributed by atoms with van der Waals surface area (Å²) in [4.78, 5) is 29.0. The molecule has 2 aliphatic rings. The number of fused-ring (bicyclic) bond motifs is 1. The van der Waals surface area contributed by atoms with Crippen molar-refractivity contribution in [3.63, 3.8) is 0 Å². The Morgan fingerprint density at radius 1 is 1.06 bits per heavy atom. The summed E-state index contributed by atoms with van der Waals surface area (Å²) in [5.74, 6) is 0.259. The van der Waals surface area contributed by atoms with Crippen LogP contribution in [-0.4, -0.2) is 99.4 Å². The van der Waals surface area contributed by atoms with Gasteiger partial charge in [0.15, 0.2) is 0 Å². The Balaban J connectivity index is 1.60. The Bertz CT molecular complexity index is 1480. The molecule has 0 aromatic heterocycles. The number of ether oxygens (including phenoxy) is 3. The molecule has 1 heterocycles. The van der Waals surface area contributed by atoms with Crippen LogP contribution < -0.4 is 20.1 Å². The van der Waals surface area contributed by atoms with Crippen molar-refractivity contribution in [2.75, 3.05) is 45.8 Å². The lowest BCUT2D eigenvalue weighted by Crippen LogP contribution is -2.48. The molecule has 3 amide bonds. The molecule has 12 nitrogen and oxygen atoms in total. The van der Waals surface area contributed by atoms with E-state index >= 15 is 0 Å². The van der Waals surface area contributed by atoms with Crippen LogP contribution in [0.25, 0.3) is 0 Å². The van der Waals surface area contributed by atoms with Crippen molar-refractivity contribution in [3.8, 4) is 11.5 Å². The molecule has 2 aromatic carbocycles. The van der Waals surface area contributed by atoms with E-state index < -0.39 is 22.2 Å². The predicted molar refractivity (Wildman–Crippen MR) is 189 cm³/mol. The second-order valence-electron chi connectivity index (χ2n) is 13.4. The van der Waals surface area contributed by atoms with Gasteiger partial charge < -0.3 is 34.9 Å². The van der Waals surface area contributed by atoms with Crippen molar-refractivity contribution in [1.82, 2.24) is 14.5 Å². The lowest BCUT2D eigenvalue weighted by Gasteiger charge is -2.35. The van der Waals surface area contributed by atoms with E-state index in [9.17, 15) is 23.1 Å². The number of hydrogen-bond acceptors (Lipinski definition) is 8. The summed E-state index contributed by atoms with van der Waals surface area (Å²) in [6.07, 6.45) is 6.76. The zero-order valence-electron chi connectivity index (χ0n) is 29.5. The number of amides is 3. The Labute approximate surface area is 291 Å². The molecular weight excluding hydrogens is 648 g/mol. The first-order chi connectivity index (χ1) is 23.4. The number of aliphatic hydroxyl groups is 1. The van der Waals surface area contributed by atoms with Crippen LogP contribution in [0.2, 0.25) is 0 Å². The molecule has 1 fully saturated rings. The van der Waals surface area contributed by atoms with Gasteiger partial charge in [0, 0.05) is 44.4 Å². The van der Waals surface area contributed by atoms with Crippen molar-refractivity contribution < 1.29 is 37.3 Å². The van der Waals surface area contributed by atoms with Crippen molar-refractivity contribution in [2.24, 2.45) is 5.92 Å². The zero-order valence-corrected chi connectivity index (χ0v) is 30.3. The number of likely N-dealkylation sites (N-methyl/N-ethyl adjacent to an activating group) is 1. The number of benzene rings is 2. The van der Waals surface area contributed by atoms with E-state index in [1.165, 1.54) is 37.0 Å². The van der Waals surface area contributed by atoms with Gasteiger partial charge in [-0.2, -0.15) is 4.31 Å². The van der Waals surface area contributed by atoms with Crippen molar-refractivity contribution >= 4 is 27.6 Å². The molecule has 4 rings (SSSR count). The molecule has 4 atom stereocenters. The third-order valence-electron chi connectivity index (χ3n) is 9.45. The topological polar surface area (TPSA) is 147 Å². The Hall–Kier alpha value is -3.39. The van der Waals surface area contributed by atoms with Gasteiger partial charge in [-0.05, 0) is 88.4 Å². The van der Waals surface area contributed by atoms with Crippen LogP contribution in [0.4, 0.5) is 10.5 Å². The highest BCUT2D eigenvalue weighted by Gasteiger charge is 2.32. The maximum Gasteiger partial charge on any atom is 0.319 e. The highest BCUT2D eigenvalue weighted by molar-refractivity contribution is 7.89. The third kappa shape index (κ3) is 10.6. The number of carbonyl (C=O) groups excluding carboxylic acids is 2. The van der Waals surface area contributed by atoms with E-state index in [2.05, 4.69) is 10.6 Å². The fourth-order valence-corrected chi connectivity index (χ4v) is 7.52. The van der Waals surface area contributed by atoms with Crippen molar-refractivity contribution in [3.05, 3.63) is 48.0 Å². The number of methoxy groups -OCH3 is 1. The quantitative estimate of drug-likeness (QED) is 0.321. The molecule has 3 N–H and O–H groups in total. The highest BCUT2D eigenvalue weighted by Crippen LogP contribution is 2.29. The monoisotopic (exact) mass is 702 g/mol. The second kappa shape index (κ2) is 18.0. The second-order valence-corrected chi connectivity index (χ2v) is 15.5. The number of rotatable bonds is 9. The number of nitrogens with zero attached hydrogens (tertiary/aromatic N) is 2. The summed E-state index contributed by atoms with van der Waals surface area (Å²) in [7, 11) is -0.801. The largest absolute Gasteiger partial charge is 0.497 e. The van der Waals surface area contributed by atoms with E-state index in [0.29, 0.717) is 30.2 Å². The molecule has 1 saturated carbocycles. The van der Waals surface area contributed by atoms with Crippen LogP contribution in [0.1, 0.15) is 82.5 Å². The maximum atomic E-state index is 14.4. The molecule has 2 aromatic rings. The average Bonchev–Trinajstić information content (AvgIpc) is 3.09. The smallest absolute Gasteiger partial charge is 0.319 e. The molecule has 0 radical (unpaired) electrons. The molecule has 272 valence electrons. The van der Waals surface area contributed by atoms with E-state index in [-0.39, 0.29) is 60.2 Å².